The topological polar surface area (TPSA) is 79.8 Å². The second kappa shape index (κ2) is 3.74. The molecule has 0 aliphatic heterocycles. The normalized spacial score (nSPS) is 9.86. The Hall–Kier alpha value is -2.10. The van der Waals surface area contributed by atoms with Crippen LogP contribution in [0.2, 0.25) is 0 Å². The molecule has 1 rings (SSSR count). The molecule has 0 radical (unpaired) electrons. The Kier molecular flexibility index (Phi) is 2.67. The summed E-state index contributed by atoms with van der Waals surface area (Å²) in [6.07, 6.45) is -2.16. The van der Waals surface area contributed by atoms with E-state index in [4.69, 9.17) is 5.26 Å². The molecule has 0 saturated heterocycles. The predicted molar refractivity (Wildman–Crippen MR) is 40.6 cm³/mol. The van der Waals surface area contributed by atoms with E-state index in [1.54, 1.807) is 0 Å². The van der Waals surface area contributed by atoms with E-state index in [9.17, 15) is 18.9 Å². The van der Waals surface area contributed by atoms with Crippen molar-refractivity contribution in [2.24, 2.45) is 0 Å². The predicted octanol–water partition coefficient (Wildman–Crippen LogP) is 1.80. The molecular formula is C7H3F2N3O2. The molecule has 0 spiro atoms. The molecule has 0 saturated carbocycles. The van der Waals surface area contributed by atoms with Crippen molar-refractivity contribution in [2.45, 2.75) is 6.43 Å². The average Bonchev–Trinajstić information content (AvgIpc) is 2.16. The van der Waals surface area contributed by atoms with Crippen LogP contribution in [0.1, 0.15) is 17.6 Å². The fourth-order valence-electron chi connectivity index (χ4n) is 0.833. The first-order valence-electron chi connectivity index (χ1n) is 3.39. The third-order valence-corrected chi connectivity index (χ3v) is 1.46. The fraction of sp³-hybridized carbons (Fsp3) is 0.143. The van der Waals surface area contributed by atoms with Crippen molar-refractivity contribution in [1.82, 2.24) is 4.98 Å². The van der Waals surface area contributed by atoms with Crippen LogP contribution in [0.15, 0.2) is 12.3 Å². The number of pyridine rings is 1. The Morgan fingerprint density at radius 3 is 2.71 bits per heavy atom. The lowest BCUT2D eigenvalue weighted by atomic mass is 10.1. The highest BCUT2D eigenvalue weighted by Gasteiger charge is 2.19. The summed E-state index contributed by atoms with van der Waals surface area (Å²) in [6.45, 7) is 0. The third kappa shape index (κ3) is 1.80. The standard InChI is InChI=1S/C7H3F2N3O2/c8-7(9)5-1-6(12(13)14)11-3-4(5)2-10/h1,3,7H. The number of hydrogen-bond acceptors (Lipinski definition) is 4. The van der Waals surface area contributed by atoms with Crippen LogP contribution in [-0.4, -0.2) is 9.91 Å². The number of aromatic nitrogens is 1. The van der Waals surface area contributed by atoms with Crippen LogP contribution in [0.3, 0.4) is 0 Å². The zero-order valence-corrected chi connectivity index (χ0v) is 6.65. The maximum Gasteiger partial charge on any atom is 0.363 e. The first-order valence-corrected chi connectivity index (χ1v) is 3.39. The van der Waals surface area contributed by atoms with Gasteiger partial charge < -0.3 is 10.1 Å². The van der Waals surface area contributed by atoms with E-state index in [-0.39, 0.29) is 5.56 Å². The second-order valence-electron chi connectivity index (χ2n) is 2.30. The van der Waals surface area contributed by atoms with E-state index in [0.717, 1.165) is 6.20 Å². The molecule has 14 heavy (non-hydrogen) atoms. The molecule has 0 fully saturated rings. The summed E-state index contributed by atoms with van der Waals surface area (Å²) in [7, 11) is 0. The summed E-state index contributed by atoms with van der Waals surface area (Å²) in [4.78, 5) is 12.5. The SMILES string of the molecule is N#Cc1cnc([N+](=O)[O-])cc1C(F)F. The molecule has 0 aromatic carbocycles. The van der Waals surface area contributed by atoms with Gasteiger partial charge in [0.2, 0.25) is 0 Å². The van der Waals surface area contributed by atoms with Gasteiger partial charge in [-0.3, -0.25) is 0 Å². The number of nitrogens with zero attached hydrogens (tertiary/aromatic N) is 3. The van der Waals surface area contributed by atoms with Gasteiger partial charge in [-0.15, -0.1) is 0 Å². The molecule has 0 atom stereocenters. The average molecular weight is 199 g/mol. The molecular weight excluding hydrogens is 196 g/mol. The van der Waals surface area contributed by atoms with Crippen molar-refractivity contribution in [3.63, 3.8) is 0 Å². The number of nitro groups is 1. The molecule has 0 unspecified atom stereocenters. The molecule has 0 amide bonds. The highest BCUT2D eigenvalue weighted by atomic mass is 19.3. The summed E-state index contributed by atoms with van der Waals surface area (Å²) in [5.41, 5.74) is -1.03. The van der Waals surface area contributed by atoms with Crippen LogP contribution >= 0.6 is 0 Å². The molecule has 1 aromatic heterocycles. The summed E-state index contributed by atoms with van der Waals surface area (Å²) >= 11 is 0. The van der Waals surface area contributed by atoms with Gasteiger partial charge in [0.15, 0.2) is 6.20 Å². The van der Waals surface area contributed by atoms with E-state index in [0.29, 0.717) is 6.07 Å². The van der Waals surface area contributed by atoms with Gasteiger partial charge in [0.05, 0.1) is 0 Å². The van der Waals surface area contributed by atoms with E-state index in [1.807, 2.05) is 0 Å². The Bertz CT molecular complexity index is 414. The molecule has 0 N–H and O–H groups in total. The fourth-order valence-corrected chi connectivity index (χ4v) is 0.833. The maximum atomic E-state index is 12.3. The number of alkyl halides is 2. The van der Waals surface area contributed by atoms with Crippen molar-refractivity contribution in [3.05, 3.63) is 33.5 Å². The van der Waals surface area contributed by atoms with E-state index < -0.39 is 22.7 Å². The van der Waals surface area contributed by atoms with Crippen molar-refractivity contribution in [1.29, 1.82) is 5.26 Å². The summed E-state index contributed by atoms with van der Waals surface area (Å²) in [6, 6.07) is 2.08. The Labute approximate surface area is 76.8 Å². The molecule has 0 aliphatic rings. The number of nitriles is 1. The van der Waals surface area contributed by atoms with Crippen LogP contribution in [0, 0.1) is 21.4 Å². The van der Waals surface area contributed by atoms with E-state index in [1.165, 1.54) is 6.07 Å². The van der Waals surface area contributed by atoms with Gasteiger partial charge in [-0.1, -0.05) is 0 Å². The molecule has 0 aliphatic carbocycles. The Morgan fingerprint density at radius 1 is 1.64 bits per heavy atom. The molecule has 72 valence electrons. The van der Waals surface area contributed by atoms with E-state index >= 15 is 0 Å². The lowest BCUT2D eigenvalue weighted by Crippen LogP contribution is -1.97. The van der Waals surface area contributed by atoms with E-state index in [2.05, 4.69) is 4.98 Å². The molecule has 0 bridgehead atoms. The second-order valence-corrected chi connectivity index (χ2v) is 2.30. The van der Waals surface area contributed by atoms with Crippen LogP contribution < -0.4 is 0 Å². The Balaban J connectivity index is 3.29. The van der Waals surface area contributed by atoms with Crippen LogP contribution in [-0.2, 0) is 0 Å². The maximum absolute atomic E-state index is 12.3. The monoisotopic (exact) mass is 199 g/mol. The van der Waals surface area contributed by atoms with Gasteiger partial charge in [-0.25, -0.2) is 8.78 Å². The molecule has 1 heterocycles. The van der Waals surface area contributed by atoms with Crippen LogP contribution in [0.5, 0.6) is 0 Å². The lowest BCUT2D eigenvalue weighted by molar-refractivity contribution is -0.389. The van der Waals surface area contributed by atoms with Gasteiger partial charge in [0, 0.05) is 11.6 Å². The van der Waals surface area contributed by atoms with Crippen LogP contribution in [0.4, 0.5) is 14.6 Å². The number of hydrogen-bond donors (Lipinski definition) is 0. The van der Waals surface area contributed by atoms with Gasteiger partial charge >= 0.3 is 5.82 Å². The summed E-state index contributed by atoms with van der Waals surface area (Å²) in [5, 5.41) is 18.6. The molecule has 1 aromatic rings. The van der Waals surface area contributed by atoms with Gasteiger partial charge in [0.1, 0.15) is 11.6 Å². The lowest BCUT2D eigenvalue weighted by Gasteiger charge is -1.99. The summed E-state index contributed by atoms with van der Waals surface area (Å²) in [5.74, 6) is -0.695. The summed E-state index contributed by atoms with van der Waals surface area (Å²) < 4.78 is 24.5. The number of rotatable bonds is 2. The third-order valence-electron chi connectivity index (χ3n) is 1.46. The first-order chi connectivity index (χ1) is 6.56. The first kappa shape index (κ1) is 9.98. The molecule has 7 heteroatoms. The minimum atomic E-state index is -2.92. The highest BCUT2D eigenvalue weighted by Crippen LogP contribution is 2.24. The number of halogens is 2. The van der Waals surface area contributed by atoms with Crippen molar-refractivity contribution in [2.75, 3.05) is 0 Å². The van der Waals surface area contributed by atoms with Gasteiger partial charge in [-0.05, 0) is 9.91 Å². The van der Waals surface area contributed by atoms with Crippen LogP contribution in [0.25, 0.3) is 0 Å². The highest BCUT2D eigenvalue weighted by molar-refractivity contribution is 5.40. The zero-order chi connectivity index (χ0) is 10.7. The minimum absolute atomic E-state index is 0.356. The Morgan fingerprint density at radius 2 is 2.29 bits per heavy atom. The minimum Gasteiger partial charge on any atom is -0.358 e. The smallest absolute Gasteiger partial charge is 0.358 e. The van der Waals surface area contributed by atoms with Crippen molar-refractivity contribution < 1.29 is 13.7 Å². The zero-order valence-electron chi connectivity index (χ0n) is 6.65. The van der Waals surface area contributed by atoms with Gasteiger partial charge in [0.25, 0.3) is 6.43 Å². The largest absolute Gasteiger partial charge is 0.363 e. The molecule has 5 nitrogen and oxygen atoms in total. The van der Waals surface area contributed by atoms with Crippen molar-refractivity contribution in [3.8, 4) is 6.07 Å². The van der Waals surface area contributed by atoms with Crippen molar-refractivity contribution >= 4 is 5.82 Å². The quantitative estimate of drug-likeness (QED) is 0.537. The van der Waals surface area contributed by atoms with Gasteiger partial charge in [-0.2, -0.15) is 5.26 Å².